The van der Waals surface area contributed by atoms with Gasteiger partial charge in [-0.1, -0.05) is 18.2 Å². The van der Waals surface area contributed by atoms with Crippen molar-refractivity contribution in [3.8, 4) is 0 Å². The summed E-state index contributed by atoms with van der Waals surface area (Å²) < 4.78 is 5.00. The van der Waals surface area contributed by atoms with Gasteiger partial charge in [-0.25, -0.2) is 4.79 Å². The lowest BCUT2D eigenvalue weighted by Crippen LogP contribution is -2.41. The lowest BCUT2D eigenvalue weighted by molar-refractivity contribution is -0.120. The largest absolute Gasteiger partial charge is 0.417 e. The maximum atomic E-state index is 12.7. The number of anilines is 2. The third-order valence-corrected chi connectivity index (χ3v) is 4.24. The fourth-order valence-electron chi connectivity index (χ4n) is 3.09. The molecule has 0 spiro atoms. The molecule has 2 N–H and O–H groups in total. The summed E-state index contributed by atoms with van der Waals surface area (Å²) in [4.78, 5) is 40.2. The van der Waals surface area contributed by atoms with Gasteiger partial charge >= 0.3 is 5.76 Å². The number of carbonyl (C=O) groups excluding carboxylic acids is 2. The maximum Gasteiger partial charge on any atom is 0.417 e. The molecule has 3 aromatic rings. The number of oxazole rings is 1. The van der Waals surface area contributed by atoms with E-state index >= 15 is 0 Å². The minimum absolute atomic E-state index is 0.0709. The molecule has 1 fully saturated rings. The predicted octanol–water partition coefficient (Wildman–Crippen LogP) is 2.26. The summed E-state index contributed by atoms with van der Waals surface area (Å²) in [5.41, 5.74) is 2.14. The van der Waals surface area contributed by atoms with Crippen LogP contribution in [0.1, 0.15) is 12.8 Å². The Morgan fingerprint density at radius 2 is 1.96 bits per heavy atom. The monoisotopic (exact) mass is 337 g/mol. The molecule has 1 unspecified atom stereocenters. The third kappa shape index (κ3) is 2.80. The van der Waals surface area contributed by atoms with Gasteiger partial charge in [0, 0.05) is 23.9 Å². The predicted molar refractivity (Wildman–Crippen MR) is 92.4 cm³/mol. The number of para-hydroxylation sites is 1. The first kappa shape index (κ1) is 15.2. The molecule has 1 saturated heterocycles. The summed E-state index contributed by atoms with van der Waals surface area (Å²) in [7, 11) is 0. The van der Waals surface area contributed by atoms with Gasteiger partial charge in [-0.3, -0.25) is 19.5 Å². The molecule has 1 aliphatic heterocycles. The Morgan fingerprint density at radius 3 is 2.76 bits per heavy atom. The standard InChI is InChI=1S/C18H15N3O4/c22-16-9-8-14(21(16)12-4-2-1-3-5-12)17(23)19-11-6-7-13-15(10-11)25-18(24)20-13/h1-7,10,14H,8-9H2,(H,19,23)(H,20,24). The molecule has 0 aliphatic carbocycles. The Kier molecular flexibility index (Phi) is 3.61. The van der Waals surface area contributed by atoms with Crippen LogP contribution in [0.2, 0.25) is 0 Å². The van der Waals surface area contributed by atoms with E-state index in [4.69, 9.17) is 4.42 Å². The van der Waals surface area contributed by atoms with E-state index in [0.29, 0.717) is 35.3 Å². The van der Waals surface area contributed by atoms with Crippen LogP contribution >= 0.6 is 0 Å². The van der Waals surface area contributed by atoms with Crippen molar-refractivity contribution in [2.45, 2.75) is 18.9 Å². The average Bonchev–Trinajstić information content (AvgIpc) is 3.17. The van der Waals surface area contributed by atoms with Crippen LogP contribution in [-0.4, -0.2) is 22.8 Å². The Hall–Kier alpha value is -3.35. The number of hydrogen-bond donors (Lipinski definition) is 2. The zero-order chi connectivity index (χ0) is 17.4. The topological polar surface area (TPSA) is 95.4 Å². The van der Waals surface area contributed by atoms with Crippen molar-refractivity contribution < 1.29 is 14.0 Å². The second kappa shape index (κ2) is 5.94. The van der Waals surface area contributed by atoms with Crippen molar-refractivity contribution in [2.75, 3.05) is 10.2 Å². The second-order valence-corrected chi connectivity index (χ2v) is 5.87. The smallest absolute Gasteiger partial charge is 0.408 e. The molecule has 4 rings (SSSR count). The van der Waals surface area contributed by atoms with E-state index < -0.39 is 11.8 Å². The minimum Gasteiger partial charge on any atom is -0.408 e. The molecule has 0 bridgehead atoms. The molecule has 1 aliphatic rings. The number of nitrogens with zero attached hydrogens (tertiary/aromatic N) is 1. The molecule has 126 valence electrons. The fraction of sp³-hybridized carbons (Fsp3) is 0.167. The van der Waals surface area contributed by atoms with E-state index in [-0.39, 0.29) is 11.8 Å². The number of H-pyrrole nitrogens is 1. The van der Waals surface area contributed by atoms with E-state index in [1.54, 1.807) is 18.2 Å². The van der Waals surface area contributed by atoms with Gasteiger partial charge in [-0.2, -0.15) is 0 Å². The van der Waals surface area contributed by atoms with Crippen LogP contribution in [0.4, 0.5) is 11.4 Å². The summed E-state index contributed by atoms with van der Waals surface area (Å²) in [5, 5.41) is 2.80. The Morgan fingerprint density at radius 1 is 1.16 bits per heavy atom. The van der Waals surface area contributed by atoms with Crippen LogP contribution in [0.5, 0.6) is 0 Å². The Bertz CT molecular complexity index is 1010. The lowest BCUT2D eigenvalue weighted by Gasteiger charge is -2.24. The molecular weight excluding hydrogens is 322 g/mol. The average molecular weight is 337 g/mol. The van der Waals surface area contributed by atoms with E-state index in [1.165, 1.54) is 4.90 Å². The van der Waals surface area contributed by atoms with E-state index in [9.17, 15) is 14.4 Å². The van der Waals surface area contributed by atoms with Crippen molar-refractivity contribution >= 4 is 34.3 Å². The van der Waals surface area contributed by atoms with E-state index in [1.807, 2.05) is 30.3 Å². The zero-order valence-corrected chi connectivity index (χ0v) is 13.2. The maximum absolute atomic E-state index is 12.7. The molecular formula is C18H15N3O4. The first-order chi connectivity index (χ1) is 12.1. The van der Waals surface area contributed by atoms with Crippen molar-refractivity contribution in [2.24, 2.45) is 0 Å². The number of benzene rings is 2. The molecule has 1 atom stereocenters. The molecule has 2 heterocycles. The van der Waals surface area contributed by atoms with Crippen LogP contribution in [0.25, 0.3) is 11.1 Å². The number of fused-ring (bicyclic) bond motifs is 1. The van der Waals surface area contributed by atoms with E-state index in [0.717, 1.165) is 0 Å². The van der Waals surface area contributed by atoms with Gasteiger partial charge in [-0.05, 0) is 30.7 Å². The Balaban J connectivity index is 1.58. The van der Waals surface area contributed by atoms with Gasteiger partial charge in [0.15, 0.2) is 5.58 Å². The summed E-state index contributed by atoms with van der Waals surface area (Å²) in [6.07, 6.45) is 0.791. The molecule has 25 heavy (non-hydrogen) atoms. The number of rotatable bonds is 3. The summed E-state index contributed by atoms with van der Waals surface area (Å²) in [6.45, 7) is 0. The van der Waals surface area contributed by atoms with Gasteiger partial charge in [-0.15, -0.1) is 0 Å². The van der Waals surface area contributed by atoms with Gasteiger partial charge in [0.05, 0.1) is 5.52 Å². The SMILES string of the molecule is O=C(Nc1ccc2[nH]c(=O)oc2c1)C1CCC(=O)N1c1ccccc1. The van der Waals surface area contributed by atoms with Crippen molar-refractivity contribution in [1.82, 2.24) is 4.98 Å². The lowest BCUT2D eigenvalue weighted by atomic mass is 10.2. The highest BCUT2D eigenvalue weighted by atomic mass is 16.4. The molecule has 0 saturated carbocycles. The van der Waals surface area contributed by atoms with Gasteiger partial charge < -0.3 is 9.73 Å². The first-order valence-electron chi connectivity index (χ1n) is 7.93. The number of aromatic amines is 1. The molecule has 2 amide bonds. The summed E-state index contributed by atoms with van der Waals surface area (Å²) in [5.74, 6) is -0.888. The number of amides is 2. The highest BCUT2D eigenvalue weighted by Gasteiger charge is 2.37. The third-order valence-electron chi connectivity index (χ3n) is 4.24. The molecule has 7 heteroatoms. The summed E-state index contributed by atoms with van der Waals surface area (Å²) in [6, 6.07) is 13.5. The number of hydrogen-bond acceptors (Lipinski definition) is 4. The quantitative estimate of drug-likeness (QED) is 0.766. The van der Waals surface area contributed by atoms with Crippen LogP contribution in [0, 0.1) is 0 Å². The molecule has 0 radical (unpaired) electrons. The van der Waals surface area contributed by atoms with Gasteiger partial charge in [0.2, 0.25) is 11.8 Å². The Labute approximate surface area is 142 Å². The van der Waals surface area contributed by atoms with Crippen LogP contribution in [-0.2, 0) is 9.59 Å². The minimum atomic E-state index is -0.566. The molecule has 7 nitrogen and oxygen atoms in total. The number of aromatic nitrogens is 1. The van der Waals surface area contributed by atoms with Crippen LogP contribution in [0.15, 0.2) is 57.7 Å². The second-order valence-electron chi connectivity index (χ2n) is 5.87. The van der Waals surface area contributed by atoms with Crippen LogP contribution < -0.4 is 16.0 Å². The normalized spacial score (nSPS) is 17.2. The zero-order valence-electron chi connectivity index (χ0n) is 13.2. The van der Waals surface area contributed by atoms with E-state index in [2.05, 4.69) is 10.3 Å². The van der Waals surface area contributed by atoms with Gasteiger partial charge in [0.1, 0.15) is 6.04 Å². The molecule has 1 aromatic heterocycles. The first-order valence-corrected chi connectivity index (χ1v) is 7.93. The van der Waals surface area contributed by atoms with Crippen molar-refractivity contribution in [3.63, 3.8) is 0 Å². The van der Waals surface area contributed by atoms with Gasteiger partial charge in [0.25, 0.3) is 0 Å². The molecule has 2 aromatic carbocycles. The number of nitrogens with one attached hydrogen (secondary N) is 2. The fourth-order valence-corrected chi connectivity index (χ4v) is 3.09. The highest BCUT2D eigenvalue weighted by molar-refractivity contribution is 6.07. The summed E-state index contributed by atoms with van der Waals surface area (Å²) >= 11 is 0. The highest BCUT2D eigenvalue weighted by Crippen LogP contribution is 2.27. The van der Waals surface area contributed by atoms with Crippen LogP contribution in [0.3, 0.4) is 0 Å². The number of carbonyl (C=O) groups is 2. The van der Waals surface area contributed by atoms with Crippen molar-refractivity contribution in [3.05, 3.63) is 59.1 Å². The van der Waals surface area contributed by atoms with Crippen molar-refractivity contribution in [1.29, 1.82) is 0 Å².